The molecule has 1 heterocycles. The molecule has 1 N–H and O–H groups in total. The van der Waals surface area contributed by atoms with Gasteiger partial charge in [0.05, 0.1) is 24.4 Å². The van der Waals surface area contributed by atoms with Gasteiger partial charge in [-0.25, -0.2) is 9.59 Å². The Morgan fingerprint density at radius 1 is 1.05 bits per heavy atom. The fourth-order valence-electron chi connectivity index (χ4n) is 2.39. The van der Waals surface area contributed by atoms with Crippen LogP contribution in [0, 0.1) is 5.92 Å². The Morgan fingerprint density at radius 2 is 1.48 bits per heavy atom. The molecule has 0 atom stereocenters. The van der Waals surface area contributed by atoms with Crippen molar-refractivity contribution in [1.29, 1.82) is 0 Å². The minimum Gasteiger partial charge on any atom is -0.463 e. The molecule has 0 bridgehead atoms. The van der Waals surface area contributed by atoms with Crippen molar-refractivity contribution < 1.29 is 19.1 Å². The van der Waals surface area contributed by atoms with Crippen LogP contribution in [-0.2, 0) is 19.1 Å². The molecule has 0 unspecified atom stereocenters. The molecule has 0 saturated carbocycles. The average molecular weight is 293 g/mol. The lowest BCUT2D eigenvalue weighted by atomic mass is 9.85. The Labute approximate surface area is 125 Å². The van der Waals surface area contributed by atoms with Crippen LogP contribution in [0.4, 0.5) is 0 Å². The van der Waals surface area contributed by atoms with Crippen molar-refractivity contribution in [3.8, 4) is 0 Å². The molecule has 5 nitrogen and oxygen atoms in total. The Hall–Kier alpha value is -2.04. The van der Waals surface area contributed by atoms with Gasteiger partial charge in [-0.1, -0.05) is 12.2 Å². The van der Waals surface area contributed by atoms with Crippen molar-refractivity contribution in [3.63, 3.8) is 0 Å². The molecule has 116 valence electrons. The normalized spacial score (nSPS) is 16.2. The fraction of sp³-hybridized carbons (Fsp3) is 0.500. The Morgan fingerprint density at radius 3 is 1.81 bits per heavy atom. The lowest BCUT2D eigenvalue weighted by Crippen LogP contribution is -2.32. The fourth-order valence-corrected chi connectivity index (χ4v) is 2.39. The lowest BCUT2D eigenvalue weighted by molar-refractivity contribution is -0.139. The van der Waals surface area contributed by atoms with E-state index in [0.717, 1.165) is 0 Å². The van der Waals surface area contributed by atoms with Gasteiger partial charge in [0, 0.05) is 17.3 Å². The SMILES string of the molecule is CC=CC1C(C(=O)OCC)=C(C)NC(C)=C1C(=O)OCC. The van der Waals surface area contributed by atoms with Crippen LogP contribution < -0.4 is 5.32 Å². The number of ether oxygens (including phenoxy) is 2. The van der Waals surface area contributed by atoms with Crippen LogP contribution in [0.1, 0.15) is 34.6 Å². The third-order valence-electron chi connectivity index (χ3n) is 3.18. The van der Waals surface area contributed by atoms with E-state index in [1.54, 1.807) is 27.7 Å². The summed E-state index contributed by atoms with van der Waals surface area (Å²) >= 11 is 0. The molecule has 5 heteroatoms. The quantitative estimate of drug-likeness (QED) is 0.623. The number of allylic oxidation sites excluding steroid dienone is 4. The number of esters is 2. The molecule has 1 rings (SSSR count). The summed E-state index contributed by atoms with van der Waals surface area (Å²) in [6.07, 6.45) is 3.63. The molecule has 0 aromatic rings. The second-order valence-corrected chi connectivity index (χ2v) is 4.65. The highest BCUT2D eigenvalue weighted by atomic mass is 16.5. The van der Waals surface area contributed by atoms with E-state index in [0.29, 0.717) is 22.5 Å². The van der Waals surface area contributed by atoms with Crippen molar-refractivity contribution in [2.75, 3.05) is 13.2 Å². The molecule has 21 heavy (non-hydrogen) atoms. The number of rotatable bonds is 5. The van der Waals surface area contributed by atoms with Gasteiger partial charge in [-0.2, -0.15) is 0 Å². The maximum atomic E-state index is 12.2. The second-order valence-electron chi connectivity index (χ2n) is 4.65. The van der Waals surface area contributed by atoms with Gasteiger partial charge in [0.2, 0.25) is 0 Å². The van der Waals surface area contributed by atoms with Gasteiger partial charge in [-0.05, 0) is 34.6 Å². The number of nitrogens with one attached hydrogen (secondary N) is 1. The van der Waals surface area contributed by atoms with Gasteiger partial charge in [-0.3, -0.25) is 0 Å². The zero-order chi connectivity index (χ0) is 16.0. The number of hydrogen-bond acceptors (Lipinski definition) is 5. The summed E-state index contributed by atoms with van der Waals surface area (Å²) in [5.41, 5.74) is 2.29. The van der Waals surface area contributed by atoms with E-state index in [4.69, 9.17) is 9.47 Å². The maximum absolute atomic E-state index is 12.2. The van der Waals surface area contributed by atoms with Crippen LogP contribution in [0.2, 0.25) is 0 Å². The van der Waals surface area contributed by atoms with Gasteiger partial charge in [0.25, 0.3) is 0 Å². The Kier molecular flexibility index (Phi) is 6.21. The molecule has 0 amide bonds. The molecule has 0 spiro atoms. The summed E-state index contributed by atoms with van der Waals surface area (Å²) in [7, 11) is 0. The summed E-state index contributed by atoms with van der Waals surface area (Å²) in [4.78, 5) is 24.4. The molecular formula is C16H23NO4. The van der Waals surface area contributed by atoms with Crippen LogP contribution in [0.25, 0.3) is 0 Å². The van der Waals surface area contributed by atoms with E-state index in [1.807, 2.05) is 19.1 Å². The first-order chi connectivity index (χ1) is 9.97. The first-order valence-electron chi connectivity index (χ1n) is 7.13. The van der Waals surface area contributed by atoms with Gasteiger partial charge in [0.15, 0.2) is 0 Å². The largest absolute Gasteiger partial charge is 0.463 e. The predicted molar refractivity (Wildman–Crippen MR) is 80.1 cm³/mol. The maximum Gasteiger partial charge on any atom is 0.336 e. The highest BCUT2D eigenvalue weighted by Crippen LogP contribution is 2.32. The zero-order valence-electron chi connectivity index (χ0n) is 13.3. The number of dihydropyridines is 1. The van der Waals surface area contributed by atoms with Gasteiger partial charge in [0.1, 0.15) is 0 Å². The van der Waals surface area contributed by atoms with E-state index in [9.17, 15) is 9.59 Å². The molecule has 1 aliphatic heterocycles. The van der Waals surface area contributed by atoms with Gasteiger partial charge >= 0.3 is 11.9 Å². The van der Waals surface area contributed by atoms with Crippen LogP contribution in [0.3, 0.4) is 0 Å². The van der Waals surface area contributed by atoms with E-state index in [1.165, 1.54) is 0 Å². The first-order valence-corrected chi connectivity index (χ1v) is 7.13. The van der Waals surface area contributed by atoms with E-state index in [-0.39, 0.29) is 13.2 Å². The third kappa shape index (κ3) is 3.74. The van der Waals surface area contributed by atoms with Crippen molar-refractivity contribution in [1.82, 2.24) is 5.32 Å². The van der Waals surface area contributed by atoms with E-state index >= 15 is 0 Å². The molecule has 0 radical (unpaired) electrons. The molecule has 0 fully saturated rings. The Bertz CT molecular complexity index is 474. The molecule has 0 saturated heterocycles. The van der Waals surface area contributed by atoms with Crippen molar-refractivity contribution in [2.24, 2.45) is 5.92 Å². The highest BCUT2D eigenvalue weighted by Gasteiger charge is 2.34. The first kappa shape index (κ1) is 17.0. The van der Waals surface area contributed by atoms with Crippen LogP contribution in [0.5, 0.6) is 0 Å². The zero-order valence-corrected chi connectivity index (χ0v) is 13.3. The van der Waals surface area contributed by atoms with E-state index < -0.39 is 17.9 Å². The molecule has 0 aliphatic carbocycles. The number of carbonyl (C=O) groups is 2. The second kappa shape index (κ2) is 7.67. The minimum atomic E-state index is -0.450. The van der Waals surface area contributed by atoms with Crippen molar-refractivity contribution >= 4 is 11.9 Å². The summed E-state index contributed by atoms with van der Waals surface area (Å²) < 4.78 is 10.2. The van der Waals surface area contributed by atoms with E-state index in [2.05, 4.69) is 5.32 Å². The Balaban J connectivity index is 3.29. The van der Waals surface area contributed by atoms with Gasteiger partial charge in [-0.15, -0.1) is 0 Å². The number of hydrogen-bond donors (Lipinski definition) is 1. The summed E-state index contributed by atoms with van der Waals surface area (Å²) in [6.45, 7) is 9.52. The van der Waals surface area contributed by atoms with Crippen LogP contribution in [-0.4, -0.2) is 25.2 Å². The summed E-state index contributed by atoms with van der Waals surface area (Å²) in [6, 6.07) is 0. The average Bonchev–Trinajstić information content (AvgIpc) is 2.39. The minimum absolute atomic E-state index is 0.287. The molecule has 0 aromatic heterocycles. The van der Waals surface area contributed by atoms with Crippen molar-refractivity contribution in [2.45, 2.75) is 34.6 Å². The predicted octanol–water partition coefficient (Wildman–Crippen LogP) is 2.46. The van der Waals surface area contributed by atoms with Crippen LogP contribution in [0.15, 0.2) is 34.7 Å². The monoisotopic (exact) mass is 293 g/mol. The molecule has 0 aromatic carbocycles. The highest BCUT2D eigenvalue weighted by molar-refractivity contribution is 5.98. The topological polar surface area (TPSA) is 64.6 Å². The van der Waals surface area contributed by atoms with Crippen LogP contribution >= 0.6 is 0 Å². The summed E-state index contributed by atoms with van der Waals surface area (Å²) in [5, 5.41) is 3.07. The lowest BCUT2D eigenvalue weighted by Gasteiger charge is -2.28. The summed E-state index contributed by atoms with van der Waals surface area (Å²) in [5.74, 6) is -1.28. The molecular weight excluding hydrogens is 270 g/mol. The smallest absolute Gasteiger partial charge is 0.336 e. The van der Waals surface area contributed by atoms with Crippen molar-refractivity contribution in [3.05, 3.63) is 34.7 Å². The number of carbonyl (C=O) groups excluding carboxylic acids is 2. The molecule has 1 aliphatic rings. The third-order valence-corrected chi connectivity index (χ3v) is 3.18. The standard InChI is InChI=1S/C16H23NO4/c1-6-9-12-13(15(18)20-7-2)10(4)17-11(5)14(12)16(19)21-8-3/h6,9,12,17H,7-8H2,1-5H3. The van der Waals surface area contributed by atoms with Gasteiger partial charge < -0.3 is 14.8 Å².